The van der Waals surface area contributed by atoms with Crippen molar-refractivity contribution in [3.63, 3.8) is 0 Å². The maximum absolute atomic E-state index is 4.26. The molecule has 1 aromatic rings. The Morgan fingerprint density at radius 1 is 1.50 bits per heavy atom. The average molecular weight is 162 g/mol. The third-order valence-electron chi connectivity index (χ3n) is 1.81. The molecule has 0 aliphatic rings. The quantitative estimate of drug-likeness (QED) is 0.662. The van der Waals surface area contributed by atoms with E-state index in [9.17, 15) is 0 Å². The van der Waals surface area contributed by atoms with Gasteiger partial charge in [0.05, 0.1) is 0 Å². The van der Waals surface area contributed by atoms with E-state index in [2.05, 4.69) is 24.6 Å². The lowest BCUT2D eigenvalue weighted by atomic mass is 10.1. The number of hydrogen-bond donors (Lipinski definition) is 0. The predicted octanol–water partition coefficient (Wildman–Crippen LogP) is 2.10. The fourth-order valence-electron chi connectivity index (χ4n) is 1.01. The van der Waals surface area contributed by atoms with Crippen LogP contribution in [0.1, 0.15) is 11.1 Å². The van der Waals surface area contributed by atoms with Crippen LogP contribution in [0.2, 0.25) is 0 Å². The van der Waals surface area contributed by atoms with E-state index in [4.69, 9.17) is 0 Å². The van der Waals surface area contributed by atoms with E-state index in [1.54, 1.807) is 0 Å². The zero-order valence-corrected chi connectivity index (χ0v) is 7.83. The number of aryl methyl sites for hydroxylation is 1. The smallest absolute Gasteiger partial charge is 0.128 e. The number of anilines is 1. The molecule has 0 aliphatic heterocycles. The van der Waals surface area contributed by atoms with Gasteiger partial charge in [0.1, 0.15) is 5.82 Å². The lowest BCUT2D eigenvalue weighted by molar-refractivity contribution is 1.06. The normalized spacial score (nSPS) is 9.58. The van der Waals surface area contributed by atoms with E-state index >= 15 is 0 Å². The molecule has 2 heteroatoms. The van der Waals surface area contributed by atoms with Crippen LogP contribution in [-0.2, 0) is 0 Å². The maximum Gasteiger partial charge on any atom is 0.128 e. The summed E-state index contributed by atoms with van der Waals surface area (Å²) < 4.78 is 0. The van der Waals surface area contributed by atoms with Crippen LogP contribution in [0, 0.1) is 6.92 Å². The molecule has 1 heterocycles. The summed E-state index contributed by atoms with van der Waals surface area (Å²) in [6.07, 6.45) is 3.67. The van der Waals surface area contributed by atoms with Crippen molar-refractivity contribution in [1.29, 1.82) is 0 Å². The summed E-state index contributed by atoms with van der Waals surface area (Å²) in [5.74, 6) is 0.984. The Morgan fingerprint density at radius 3 is 2.58 bits per heavy atom. The summed E-state index contributed by atoms with van der Waals surface area (Å²) in [6, 6.07) is 2.05. The molecule has 64 valence electrons. The highest BCUT2D eigenvalue weighted by Crippen LogP contribution is 2.14. The molecule has 0 saturated heterocycles. The van der Waals surface area contributed by atoms with Crippen molar-refractivity contribution in [2.24, 2.45) is 0 Å². The van der Waals surface area contributed by atoms with Crippen LogP contribution in [0.3, 0.4) is 0 Å². The molecule has 0 spiro atoms. The lowest BCUT2D eigenvalue weighted by Crippen LogP contribution is -2.10. The lowest BCUT2D eigenvalue weighted by Gasteiger charge is -2.12. The Labute approximate surface area is 73.5 Å². The van der Waals surface area contributed by atoms with E-state index < -0.39 is 0 Å². The summed E-state index contributed by atoms with van der Waals surface area (Å²) in [5, 5.41) is 0. The SMILES string of the molecule is C=Cc1cnc(N(C)C)cc1C. The van der Waals surface area contributed by atoms with E-state index in [0.29, 0.717) is 0 Å². The van der Waals surface area contributed by atoms with Gasteiger partial charge < -0.3 is 4.90 Å². The Balaban J connectivity index is 3.10. The van der Waals surface area contributed by atoms with Gasteiger partial charge >= 0.3 is 0 Å². The number of aromatic nitrogens is 1. The van der Waals surface area contributed by atoms with Crippen molar-refractivity contribution in [2.45, 2.75) is 6.92 Å². The largest absolute Gasteiger partial charge is 0.363 e. The van der Waals surface area contributed by atoms with Gasteiger partial charge in [0.25, 0.3) is 0 Å². The summed E-state index contributed by atoms with van der Waals surface area (Å²) in [4.78, 5) is 6.25. The molecule has 0 radical (unpaired) electrons. The Hall–Kier alpha value is -1.31. The molecule has 0 N–H and O–H groups in total. The zero-order valence-electron chi connectivity index (χ0n) is 7.83. The van der Waals surface area contributed by atoms with Crippen molar-refractivity contribution in [2.75, 3.05) is 19.0 Å². The van der Waals surface area contributed by atoms with Gasteiger partial charge in [-0.25, -0.2) is 4.98 Å². The van der Waals surface area contributed by atoms with Gasteiger partial charge in [-0.3, -0.25) is 0 Å². The van der Waals surface area contributed by atoms with Crippen LogP contribution in [0.25, 0.3) is 6.08 Å². The molecule has 0 fully saturated rings. The molecular weight excluding hydrogens is 148 g/mol. The zero-order chi connectivity index (χ0) is 9.14. The number of pyridine rings is 1. The molecule has 0 bridgehead atoms. The monoisotopic (exact) mass is 162 g/mol. The summed E-state index contributed by atoms with van der Waals surface area (Å²) in [6.45, 7) is 5.77. The van der Waals surface area contributed by atoms with Crippen LogP contribution >= 0.6 is 0 Å². The van der Waals surface area contributed by atoms with Gasteiger partial charge in [-0.15, -0.1) is 0 Å². The van der Waals surface area contributed by atoms with Gasteiger partial charge in [0.2, 0.25) is 0 Å². The number of nitrogens with zero attached hydrogens (tertiary/aromatic N) is 2. The molecule has 0 aliphatic carbocycles. The van der Waals surface area contributed by atoms with Crippen LogP contribution in [0.15, 0.2) is 18.8 Å². The average Bonchev–Trinajstić information content (AvgIpc) is 2.04. The van der Waals surface area contributed by atoms with E-state index in [-0.39, 0.29) is 0 Å². The molecule has 1 rings (SSSR count). The van der Waals surface area contributed by atoms with Crippen molar-refractivity contribution < 1.29 is 0 Å². The minimum Gasteiger partial charge on any atom is -0.363 e. The molecular formula is C10H14N2. The summed E-state index contributed by atoms with van der Waals surface area (Å²) in [5.41, 5.74) is 2.31. The highest BCUT2D eigenvalue weighted by Gasteiger charge is 1.99. The number of hydrogen-bond acceptors (Lipinski definition) is 2. The minimum absolute atomic E-state index is 0.984. The molecule has 12 heavy (non-hydrogen) atoms. The van der Waals surface area contributed by atoms with E-state index in [1.165, 1.54) is 5.56 Å². The second-order valence-corrected chi connectivity index (χ2v) is 3.00. The van der Waals surface area contributed by atoms with Gasteiger partial charge in [-0.05, 0) is 24.1 Å². The van der Waals surface area contributed by atoms with Crippen LogP contribution in [0.4, 0.5) is 5.82 Å². The molecule has 2 nitrogen and oxygen atoms in total. The second-order valence-electron chi connectivity index (χ2n) is 3.00. The molecule has 1 aromatic heterocycles. The topological polar surface area (TPSA) is 16.1 Å². The van der Waals surface area contributed by atoms with Gasteiger partial charge in [-0.2, -0.15) is 0 Å². The fourth-order valence-corrected chi connectivity index (χ4v) is 1.01. The molecule has 0 atom stereocenters. The standard InChI is InChI=1S/C10H14N2/c1-5-9-7-11-10(12(3)4)6-8(9)2/h5-7H,1H2,2-4H3. The molecule has 0 aromatic carbocycles. The van der Waals surface area contributed by atoms with Gasteiger partial charge in [0, 0.05) is 20.3 Å². The number of rotatable bonds is 2. The first-order chi connectivity index (χ1) is 5.65. The van der Waals surface area contributed by atoms with E-state index in [0.717, 1.165) is 11.4 Å². The molecule has 0 saturated carbocycles. The first-order valence-electron chi connectivity index (χ1n) is 3.91. The van der Waals surface area contributed by atoms with Crippen molar-refractivity contribution in [1.82, 2.24) is 4.98 Å². The Bertz CT molecular complexity index is 290. The van der Waals surface area contributed by atoms with Crippen LogP contribution in [-0.4, -0.2) is 19.1 Å². The Morgan fingerprint density at radius 2 is 2.17 bits per heavy atom. The summed E-state index contributed by atoms with van der Waals surface area (Å²) >= 11 is 0. The minimum atomic E-state index is 0.984. The Kier molecular flexibility index (Phi) is 2.48. The van der Waals surface area contributed by atoms with Crippen molar-refractivity contribution in [3.8, 4) is 0 Å². The predicted molar refractivity (Wildman–Crippen MR) is 53.4 cm³/mol. The first kappa shape index (κ1) is 8.78. The summed E-state index contributed by atoms with van der Waals surface area (Å²) in [7, 11) is 3.96. The van der Waals surface area contributed by atoms with Crippen LogP contribution in [0.5, 0.6) is 0 Å². The van der Waals surface area contributed by atoms with Gasteiger partial charge in [0.15, 0.2) is 0 Å². The first-order valence-corrected chi connectivity index (χ1v) is 3.91. The van der Waals surface area contributed by atoms with E-state index in [1.807, 2.05) is 31.3 Å². The third kappa shape index (κ3) is 1.64. The second kappa shape index (κ2) is 3.39. The highest BCUT2D eigenvalue weighted by molar-refractivity contribution is 5.54. The molecule has 0 unspecified atom stereocenters. The van der Waals surface area contributed by atoms with Gasteiger partial charge in [-0.1, -0.05) is 12.7 Å². The third-order valence-corrected chi connectivity index (χ3v) is 1.81. The van der Waals surface area contributed by atoms with Crippen LogP contribution < -0.4 is 4.90 Å². The van der Waals surface area contributed by atoms with Crippen molar-refractivity contribution in [3.05, 3.63) is 30.0 Å². The molecule has 0 amide bonds. The maximum atomic E-state index is 4.26. The fraction of sp³-hybridized carbons (Fsp3) is 0.300. The van der Waals surface area contributed by atoms with Crippen molar-refractivity contribution >= 4 is 11.9 Å². The highest BCUT2D eigenvalue weighted by atomic mass is 15.1.